The monoisotopic (exact) mass is 325 g/mol. The summed E-state index contributed by atoms with van der Waals surface area (Å²) in [7, 11) is -2.20. The van der Waals surface area contributed by atoms with Crippen LogP contribution in [0.2, 0.25) is 5.02 Å². The SMILES string of the molecule is Cc1cccc(N(C)S(=O)(=O)c2ccc(Cl)c(CO)c2)c1. The standard InChI is InChI=1S/C15H16ClNO3S/c1-11-4-3-5-13(8-11)17(2)21(19,20)14-6-7-15(16)12(9-14)10-18/h3-9,18H,10H2,1-2H3. The van der Waals surface area contributed by atoms with Gasteiger partial charge in [0.2, 0.25) is 0 Å². The van der Waals surface area contributed by atoms with Crippen LogP contribution in [0.1, 0.15) is 11.1 Å². The van der Waals surface area contributed by atoms with Gasteiger partial charge in [-0.1, -0.05) is 23.7 Å². The van der Waals surface area contributed by atoms with Crippen LogP contribution in [0.15, 0.2) is 47.4 Å². The second-order valence-corrected chi connectivity index (χ2v) is 7.10. The van der Waals surface area contributed by atoms with E-state index >= 15 is 0 Å². The molecule has 0 unspecified atom stereocenters. The summed E-state index contributed by atoms with van der Waals surface area (Å²) in [5, 5.41) is 9.55. The van der Waals surface area contributed by atoms with Crippen molar-refractivity contribution < 1.29 is 13.5 Å². The fourth-order valence-corrected chi connectivity index (χ4v) is 3.37. The summed E-state index contributed by atoms with van der Waals surface area (Å²) < 4.78 is 26.5. The van der Waals surface area contributed by atoms with Gasteiger partial charge >= 0.3 is 0 Å². The van der Waals surface area contributed by atoms with E-state index in [4.69, 9.17) is 11.6 Å². The van der Waals surface area contributed by atoms with Crippen molar-refractivity contribution in [1.82, 2.24) is 0 Å². The molecule has 21 heavy (non-hydrogen) atoms. The Morgan fingerprint density at radius 1 is 1.19 bits per heavy atom. The maximum Gasteiger partial charge on any atom is 0.264 e. The zero-order valence-corrected chi connectivity index (χ0v) is 13.3. The van der Waals surface area contributed by atoms with Gasteiger partial charge in [0.05, 0.1) is 17.2 Å². The van der Waals surface area contributed by atoms with Crippen LogP contribution in [0, 0.1) is 6.92 Å². The van der Waals surface area contributed by atoms with Gasteiger partial charge in [-0.05, 0) is 48.4 Å². The smallest absolute Gasteiger partial charge is 0.264 e. The first kappa shape index (κ1) is 15.8. The van der Waals surface area contributed by atoms with Crippen molar-refractivity contribution >= 4 is 27.3 Å². The van der Waals surface area contributed by atoms with Crippen molar-refractivity contribution in [1.29, 1.82) is 0 Å². The van der Waals surface area contributed by atoms with Crippen LogP contribution in [0.3, 0.4) is 0 Å². The highest BCUT2D eigenvalue weighted by Crippen LogP contribution is 2.26. The van der Waals surface area contributed by atoms with E-state index in [1.165, 1.54) is 29.6 Å². The van der Waals surface area contributed by atoms with Crippen molar-refractivity contribution in [2.45, 2.75) is 18.4 Å². The molecule has 0 amide bonds. The van der Waals surface area contributed by atoms with Crippen molar-refractivity contribution in [3.63, 3.8) is 0 Å². The number of hydrogen-bond acceptors (Lipinski definition) is 3. The fourth-order valence-electron chi connectivity index (χ4n) is 1.95. The van der Waals surface area contributed by atoms with Gasteiger partial charge in [-0.3, -0.25) is 4.31 Å². The molecule has 0 aliphatic heterocycles. The molecule has 6 heteroatoms. The van der Waals surface area contributed by atoms with Gasteiger partial charge in [0.1, 0.15) is 0 Å². The topological polar surface area (TPSA) is 57.6 Å². The van der Waals surface area contributed by atoms with Gasteiger partial charge in [0.15, 0.2) is 0 Å². The largest absolute Gasteiger partial charge is 0.392 e. The Hall–Kier alpha value is -1.56. The molecule has 2 aromatic carbocycles. The quantitative estimate of drug-likeness (QED) is 0.940. The van der Waals surface area contributed by atoms with Crippen LogP contribution in [0.25, 0.3) is 0 Å². The number of rotatable bonds is 4. The summed E-state index contributed by atoms with van der Waals surface area (Å²) in [6.07, 6.45) is 0. The zero-order chi connectivity index (χ0) is 15.6. The molecular weight excluding hydrogens is 310 g/mol. The molecule has 0 bridgehead atoms. The van der Waals surface area contributed by atoms with E-state index in [9.17, 15) is 13.5 Å². The number of nitrogens with zero attached hydrogens (tertiary/aromatic N) is 1. The van der Waals surface area contributed by atoms with Gasteiger partial charge < -0.3 is 5.11 Å². The second-order valence-electron chi connectivity index (χ2n) is 4.72. The number of aryl methyl sites for hydroxylation is 1. The normalized spacial score (nSPS) is 11.4. The van der Waals surface area contributed by atoms with Crippen molar-refractivity contribution in [2.75, 3.05) is 11.4 Å². The third-order valence-corrected chi connectivity index (χ3v) is 5.36. The van der Waals surface area contributed by atoms with E-state index in [0.717, 1.165) is 5.56 Å². The molecule has 0 saturated carbocycles. The minimum absolute atomic E-state index is 0.0972. The average molecular weight is 326 g/mol. The molecule has 0 aliphatic rings. The van der Waals surface area contributed by atoms with Gasteiger partial charge in [-0.25, -0.2) is 8.42 Å². The third kappa shape index (κ3) is 3.20. The molecular formula is C15H16ClNO3S. The van der Waals surface area contributed by atoms with Gasteiger partial charge in [0, 0.05) is 12.1 Å². The minimum atomic E-state index is -3.69. The highest BCUT2D eigenvalue weighted by molar-refractivity contribution is 7.92. The second kappa shape index (κ2) is 6.05. The summed E-state index contributed by atoms with van der Waals surface area (Å²) in [6.45, 7) is 1.59. The molecule has 0 atom stereocenters. The zero-order valence-electron chi connectivity index (χ0n) is 11.7. The van der Waals surface area contributed by atoms with E-state index in [-0.39, 0.29) is 11.5 Å². The number of benzene rings is 2. The van der Waals surface area contributed by atoms with Crippen LogP contribution in [0.4, 0.5) is 5.69 Å². The van der Waals surface area contributed by atoms with Gasteiger partial charge in [-0.15, -0.1) is 0 Å². The molecule has 2 rings (SSSR count). The lowest BCUT2D eigenvalue weighted by Gasteiger charge is -2.20. The molecule has 0 aliphatic carbocycles. The predicted molar refractivity (Wildman–Crippen MR) is 84.1 cm³/mol. The molecule has 2 aromatic rings. The summed E-state index contributed by atoms with van der Waals surface area (Å²) in [4.78, 5) is 0.0972. The molecule has 0 fully saturated rings. The number of anilines is 1. The van der Waals surface area contributed by atoms with Crippen molar-refractivity contribution in [3.8, 4) is 0 Å². The fraction of sp³-hybridized carbons (Fsp3) is 0.200. The predicted octanol–water partition coefficient (Wildman–Crippen LogP) is 2.97. The van der Waals surface area contributed by atoms with Crippen LogP contribution >= 0.6 is 11.6 Å². The van der Waals surface area contributed by atoms with E-state index in [1.807, 2.05) is 13.0 Å². The average Bonchev–Trinajstić information content (AvgIpc) is 2.46. The third-order valence-electron chi connectivity index (χ3n) is 3.21. The number of aliphatic hydroxyl groups excluding tert-OH is 1. The maximum atomic E-state index is 12.6. The van der Waals surface area contributed by atoms with Crippen LogP contribution in [-0.4, -0.2) is 20.6 Å². The van der Waals surface area contributed by atoms with Crippen LogP contribution in [-0.2, 0) is 16.6 Å². The van der Waals surface area contributed by atoms with Crippen molar-refractivity contribution in [2.24, 2.45) is 0 Å². The van der Waals surface area contributed by atoms with Crippen molar-refractivity contribution in [3.05, 3.63) is 58.6 Å². The lowest BCUT2D eigenvalue weighted by molar-refractivity contribution is 0.281. The summed E-state index contributed by atoms with van der Waals surface area (Å²) in [6, 6.07) is 11.5. The first-order chi connectivity index (χ1) is 9.86. The Bertz CT molecular complexity index is 759. The van der Waals surface area contributed by atoms with Crippen LogP contribution in [0.5, 0.6) is 0 Å². The molecule has 0 heterocycles. The first-order valence-corrected chi connectivity index (χ1v) is 8.13. The highest BCUT2D eigenvalue weighted by Gasteiger charge is 2.22. The lowest BCUT2D eigenvalue weighted by atomic mass is 10.2. The molecule has 0 aromatic heterocycles. The van der Waals surface area contributed by atoms with E-state index in [0.29, 0.717) is 16.3 Å². The Morgan fingerprint density at radius 3 is 2.52 bits per heavy atom. The molecule has 0 saturated heterocycles. The lowest BCUT2D eigenvalue weighted by Crippen LogP contribution is -2.26. The maximum absolute atomic E-state index is 12.6. The highest BCUT2D eigenvalue weighted by atomic mass is 35.5. The number of hydrogen-bond donors (Lipinski definition) is 1. The molecule has 0 spiro atoms. The Labute approximate surface area is 129 Å². The number of halogens is 1. The molecule has 1 N–H and O–H groups in total. The number of sulfonamides is 1. The van der Waals surface area contributed by atoms with E-state index in [2.05, 4.69) is 0 Å². The summed E-state index contributed by atoms with van der Waals surface area (Å²) in [5.74, 6) is 0. The molecule has 112 valence electrons. The Kier molecular flexibility index (Phi) is 4.56. The number of aliphatic hydroxyl groups is 1. The van der Waals surface area contributed by atoms with E-state index in [1.54, 1.807) is 18.2 Å². The Balaban J connectivity index is 2.46. The summed E-state index contributed by atoms with van der Waals surface area (Å²) >= 11 is 5.90. The molecule has 4 nitrogen and oxygen atoms in total. The summed E-state index contributed by atoms with van der Waals surface area (Å²) in [5.41, 5.74) is 1.94. The Morgan fingerprint density at radius 2 is 1.90 bits per heavy atom. The molecule has 0 radical (unpaired) electrons. The first-order valence-electron chi connectivity index (χ1n) is 6.31. The van der Waals surface area contributed by atoms with Gasteiger partial charge in [0.25, 0.3) is 10.0 Å². The van der Waals surface area contributed by atoms with E-state index < -0.39 is 10.0 Å². The van der Waals surface area contributed by atoms with Gasteiger partial charge in [-0.2, -0.15) is 0 Å². The minimum Gasteiger partial charge on any atom is -0.392 e. The van der Waals surface area contributed by atoms with Crippen LogP contribution < -0.4 is 4.31 Å².